The van der Waals surface area contributed by atoms with Crippen molar-refractivity contribution < 1.29 is 0 Å². The van der Waals surface area contributed by atoms with Crippen LogP contribution in [0.15, 0.2) is 0 Å². The molecule has 0 aliphatic rings. The minimum atomic E-state index is 0.685. The van der Waals surface area contributed by atoms with Crippen molar-refractivity contribution in [2.45, 2.75) is 48.8 Å². The van der Waals surface area contributed by atoms with Crippen LogP contribution in [0, 0.1) is 0 Å². The summed E-state index contributed by atoms with van der Waals surface area (Å²) in [6.07, 6.45) is 6.56. The molecule has 76 valence electrons. The summed E-state index contributed by atoms with van der Waals surface area (Å²) in [4.78, 5) is 0. The van der Waals surface area contributed by atoms with Gasteiger partial charge in [-0.25, -0.2) is 0 Å². The lowest BCUT2D eigenvalue weighted by Crippen LogP contribution is -1.81. The molecule has 0 spiro atoms. The Bertz CT molecular complexity index is 65.5. The maximum atomic E-state index is 3.46. The van der Waals surface area contributed by atoms with Crippen molar-refractivity contribution >= 4 is 54.5 Å². The van der Waals surface area contributed by atoms with E-state index in [2.05, 4.69) is 68.3 Å². The molecule has 0 rings (SSSR count). The second kappa shape index (κ2) is 15.2. The van der Waals surface area contributed by atoms with Crippen LogP contribution >= 0.6 is 54.5 Å². The predicted octanol–water partition coefficient (Wildman–Crippen LogP) is 5.51. The number of hydrogen-bond acceptors (Lipinski definition) is 0. The van der Waals surface area contributed by atoms with Crippen LogP contribution in [0.1, 0.15) is 46.0 Å². The lowest BCUT2D eigenvalue weighted by Gasteiger charge is -1.95. The van der Waals surface area contributed by atoms with Gasteiger partial charge in [-0.3, -0.25) is 0 Å². The molecular weight excluding hydrogens is 395 g/mol. The van der Waals surface area contributed by atoms with Crippen molar-refractivity contribution in [3.8, 4) is 0 Å². The maximum Gasteiger partial charge on any atom is 0.0662 e. The van der Waals surface area contributed by atoms with E-state index in [0.29, 0.717) is 2.83 Å². The molecule has 0 nitrogen and oxygen atoms in total. The highest BCUT2D eigenvalue weighted by atomic mass is 127. The Labute approximate surface area is 108 Å². The van der Waals surface area contributed by atoms with Gasteiger partial charge in [0.25, 0.3) is 0 Å². The lowest BCUT2D eigenvalue weighted by molar-refractivity contribution is 0.774. The van der Waals surface area contributed by atoms with Crippen molar-refractivity contribution in [2.24, 2.45) is 0 Å². The SMILES string of the molecule is CCCCBr.CCCCC(Br)I. The Morgan fingerprint density at radius 3 is 1.75 bits per heavy atom. The van der Waals surface area contributed by atoms with Gasteiger partial charge in [0.1, 0.15) is 0 Å². The molecule has 0 saturated heterocycles. The summed E-state index contributed by atoms with van der Waals surface area (Å²) in [5, 5.41) is 1.16. The van der Waals surface area contributed by atoms with Crippen LogP contribution in [0.2, 0.25) is 0 Å². The fourth-order valence-corrected chi connectivity index (χ4v) is 1.82. The highest BCUT2D eigenvalue weighted by Crippen LogP contribution is 2.15. The van der Waals surface area contributed by atoms with Gasteiger partial charge >= 0.3 is 0 Å². The fourth-order valence-electron chi connectivity index (χ4n) is 0.492. The second-order valence-corrected chi connectivity index (χ2v) is 7.69. The third-order valence-electron chi connectivity index (χ3n) is 1.26. The fraction of sp³-hybridized carbons (Fsp3) is 1.00. The summed E-state index contributed by atoms with van der Waals surface area (Å²) >= 11 is 9.15. The van der Waals surface area contributed by atoms with E-state index in [1.807, 2.05) is 0 Å². The third-order valence-corrected chi connectivity index (χ3v) is 2.90. The number of halogens is 3. The van der Waals surface area contributed by atoms with E-state index in [1.54, 1.807) is 0 Å². The van der Waals surface area contributed by atoms with Crippen molar-refractivity contribution in [3.05, 3.63) is 0 Å². The standard InChI is InChI=1S/C5H10BrI.C4H9Br/c1-2-3-4-5(6)7;1-2-3-4-5/h5H,2-4H2,1H3;2-4H2,1H3. The smallest absolute Gasteiger partial charge is 0.0662 e. The molecule has 0 aromatic heterocycles. The van der Waals surface area contributed by atoms with Crippen molar-refractivity contribution in [2.75, 3.05) is 5.33 Å². The molecule has 0 fully saturated rings. The zero-order valence-electron chi connectivity index (χ0n) is 7.95. The Hall–Kier alpha value is 1.69. The van der Waals surface area contributed by atoms with Gasteiger partial charge in [-0.15, -0.1) is 0 Å². The van der Waals surface area contributed by atoms with E-state index in [4.69, 9.17) is 0 Å². The van der Waals surface area contributed by atoms with Crippen molar-refractivity contribution in [1.82, 2.24) is 0 Å². The molecule has 0 radical (unpaired) electrons. The van der Waals surface area contributed by atoms with Crippen molar-refractivity contribution in [1.29, 1.82) is 0 Å². The summed E-state index contributed by atoms with van der Waals surface area (Å²) in [5.41, 5.74) is 0. The average molecular weight is 414 g/mol. The quantitative estimate of drug-likeness (QED) is 0.411. The topological polar surface area (TPSA) is 0 Å². The highest BCUT2D eigenvalue weighted by Gasteiger charge is 1.92. The summed E-state index contributed by atoms with van der Waals surface area (Å²) in [6, 6.07) is 0. The van der Waals surface area contributed by atoms with E-state index in [9.17, 15) is 0 Å². The number of unbranched alkanes of at least 4 members (excludes halogenated alkanes) is 2. The van der Waals surface area contributed by atoms with E-state index < -0.39 is 0 Å². The van der Waals surface area contributed by atoms with Crippen LogP contribution in [0.4, 0.5) is 0 Å². The number of hydrogen-bond donors (Lipinski definition) is 0. The van der Waals surface area contributed by atoms with Crippen LogP contribution in [0.5, 0.6) is 0 Å². The molecule has 3 heteroatoms. The lowest BCUT2D eigenvalue weighted by atomic mass is 10.3. The zero-order valence-corrected chi connectivity index (χ0v) is 13.3. The van der Waals surface area contributed by atoms with Crippen LogP contribution in [-0.4, -0.2) is 8.16 Å². The Balaban J connectivity index is 0. The van der Waals surface area contributed by atoms with Gasteiger partial charge in [0.05, 0.1) is 2.83 Å². The first-order valence-corrected chi connectivity index (χ1v) is 7.81. The normalized spacial score (nSPS) is 11.8. The zero-order chi connectivity index (χ0) is 9.82. The predicted molar refractivity (Wildman–Crippen MR) is 75.0 cm³/mol. The first-order chi connectivity index (χ1) is 5.68. The van der Waals surface area contributed by atoms with Crippen LogP contribution < -0.4 is 0 Å². The molecule has 0 bridgehead atoms. The molecule has 0 aliphatic carbocycles. The molecule has 1 atom stereocenters. The van der Waals surface area contributed by atoms with Crippen LogP contribution in [-0.2, 0) is 0 Å². The Morgan fingerprint density at radius 1 is 1.17 bits per heavy atom. The molecule has 12 heavy (non-hydrogen) atoms. The molecule has 0 N–H and O–H groups in total. The molecular formula is C9H19Br2I. The molecule has 0 aliphatic heterocycles. The van der Waals surface area contributed by atoms with Gasteiger partial charge in [-0.1, -0.05) is 87.6 Å². The van der Waals surface area contributed by atoms with Gasteiger partial charge < -0.3 is 0 Å². The third kappa shape index (κ3) is 22.6. The van der Waals surface area contributed by atoms with Gasteiger partial charge in [0, 0.05) is 5.33 Å². The first-order valence-electron chi connectivity index (χ1n) is 4.53. The van der Waals surface area contributed by atoms with Crippen molar-refractivity contribution in [3.63, 3.8) is 0 Å². The van der Waals surface area contributed by atoms with Crippen LogP contribution in [0.25, 0.3) is 0 Å². The van der Waals surface area contributed by atoms with Gasteiger partial charge in [0.15, 0.2) is 0 Å². The van der Waals surface area contributed by atoms with E-state index >= 15 is 0 Å². The van der Waals surface area contributed by atoms with E-state index in [0.717, 1.165) is 5.33 Å². The Morgan fingerprint density at radius 2 is 1.67 bits per heavy atom. The maximum absolute atomic E-state index is 3.46. The molecule has 0 saturated carbocycles. The Kier molecular flexibility index (Phi) is 20.4. The number of rotatable bonds is 5. The molecule has 0 amide bonds. The van der Waals surface area contributed by atoms with Crippen LogP contribution in [0.3, 0.4) is 0 Å². The molecule has 0 aromatic rings. The summed E-state index contributed by atoms with van der Waals surface area (Å²) in [7, 11) is 0. The molecule has 0 aromatic carbocycles. The van der Waals surface area contributed by atoms with Gasteiger partial charge in [0.2, 0.25) is 0 Å². The highest BCUT2D eigenvalue weighted by molar-refractivity contribution is 14.1. The largest absolute Gasteiger partial charge is 0.0928 e. The van der Waals surface area contributed by atoms with E-state index in [1.165, 1.54) is 32.1 Å². The van der Waals surface area contributed by atoms with Gasteiger partial charge in [-0.2, -0.15) is 0 Å². The monoisotopic (exact) mass is 412 g/mol. The van der Waals surface area contributed by atoms with E-state index in [-0.39, 0.29) is 0 Å². The minimum Gasteiger partial charge on any atom is -0.0928 e. The molecule has 0 heterocycles. The average Bonchev–Trinajstić information content (AvgIpc) is 2.03. The minimum absolute atomic E-state index is 0.685. The summed E-state index contributed by atoms with van der Waals surface area (Å²) in [6.45, 7) is 4.40. The number of alkyl halides is 3. The first kappa shape index (κ1) is 16.1. The second-order valence-electron chi connectivity index (χ2n) is 2.58. The molecule has 1 unspecified atom stereocenters. The van der Waals surface area contributed by atoms with Gasteiger partial charge in [-0.05, 0) is 12.8 Å². The summed E-state index contributed by atoms with van der Waals surface area (Å²) in [5.74, 6) is 0. The summed E-state index contributed by atoms with van der Waals surface area (Å²) < 4.78 is 0.685.